The van der Waals surface area contributed by atoms with Crippen LogP contribution in [0.5, 0.6) is 0 Å². The molecule has 4 heteroatoms. The van der Waals surface area contributed by atoms with Gasteiger partial charge >= 0.3 is 0 Å². The number of aliphatic hydroxyl groups is 1. The molecule has 1 amide bonds. The van der Waals surface area contributed by atoms with Crippen molar-refractivity contribution in [3.63, 3.8) is 0 Å². The molecule has 0 saturated carbocycles. The molecule has 0 saturated heterocycles. The molecule has 0 heterocycles. The Morgan fingerprint density at radius 1 is 1.41 bits per heavy atom. The maximum atomic E-state index is 12.6. The van der Waals surface area contributed by atoms with Gasteiger partial charge in [-0.2, -0.15) is 0 Å². The van der Waals surface area contributed by atoms with E-state index in [0.717, 1.165) is 5.56 Å². The molecule has 0 radical (unpaired) electrons. The lowest BCUT2D eigenvalue weighted by Crippen LogP contribution is -2.45. The molecule has 0 aromatic heterocycles. The van der Waals surface area contributed by atoms with E-state index in [0.29, 0.717) is 0 Å². The number of hydrogen-bond donors (Lipinski definition) is 2. The largest absolute Gasteiger partial charge is 0.394 e. The molecule has 2 N–H and O–H groups in total. The van der Waals surface area contributed by atoms with Crippen molar-refractivity contribution in [2.75, 3.05) is 6.61 Å². The molecule has 0 spiro atoms. The number of amides is 1. The van der Waals surface area contributed by atoms with Crippen molar-refractivity contribution >= 4 is 12.0 Å². The fourth-order valence-electron chi connectivity index (χ4n) is 1.16. The second-order valence-electron chi connectivity index (χ2n) is 4.42. The van der Waals surface area contributed by atoms with E-state index in [1.807, 2.05) is 0 Å². The van der Waals surface area contributed by atoms with Crippen molar-refractivity contribution < 1.29 is 14.3 Å². The van der Waals surface area contributed by atoms with Gasteiger partial charge in [-0.05, 0) is 37.6 Å². The van der Waals surface area contributed by atoms with E-state index in [1.165, 1.54) is 18.2 Å². The van der Waals surface area contributed by atoms with Gasteiger partial charge in [-0.25, -0.2) is 4.39 Å². The van der Waals surface area contributed by atoms with Crippen LogP contribution < -0.4 is 5.32 Å². The predicted octanol–water partition coefficient (Wildman–Crippen LogP) is 1.73. The van der Waals surface area contributed by atoms with Crippen molar-refractivity contribution in [3.05, 3.63) is 41.7 Å². The molecule has 0 atom stereocenters. The number of aliphatic hydroxyl groups excluding tert-OH is 1. The van der Waals surface area contributed by atoms with Crippen LogP contribution in [0.2, 0.25) is 0 Å². The lowest BCUT2D eigenvalue weighted by molar-refractivity contribution is -0.118. The molecular formula is C13H16FNO2. The SMILES string of the molecule is CC(C)(CO)NC(=O)/C=C/c1ccc(F)cc1. The molecule has 3 nitrogen and oxygen atoms in total. The summed E-state index contributed by atoms with van der Waals surface area (Å²) in [5, 5.41) is 11.6. The first-order valence-electron chi connectivity index (χ1n) is 5.29. The number of benzene rings is 1. The first-order chi connectivity index (χ1) is 7.93. The number of carbonyl (C=O) groups excluding carboxylic acids is 1. The number of carbonyl (C=O) groups is 1. The van der Waals surface area contributed by atoms with Crippen LogP contribution in [0.3, 0.4) is 0 Å². The van der Waals surface area contributed by atoms with Crippen molar-refractivity contribution in [3.8, 4) is 0 Å². The second kappa shape index (κ2) is 5.59. The van der Waals surface area contributed by atoms with Gasteiger partial charge in [0.2, 0.25) is 5.91 Å². The molecule has 0 fully saturated rings. The summed E-state index contributed by atoms with van der Waals surface area (Å²) < 4.78 is 12.6. The van der Waals surface area contributed by atoms with Crippen LogP contribution in [0.25, 0.3) is 6.08 Å². The third kappa shape index (κ3) is 4.78. The number of rotatable bonds is 4. The quantitative estimate of drug-likeness (QED) is 0.783. The number of nitrogens with one attached hydrogen (secondary N) is 1. The molecule has 0 unspecified atom stereocenters. The summed E-state index contributed by atoms with van der Waals surface area (Å²) in [6.07, 6.45) is 2.94. The van der Waals surface area contributed by atoms with Crippen LogP contribution >= 0.6 is 0 Å². The first kappa shape index (κ1) is 13.4. The van der Waals surface area contributed by atoms with Crippen LogP contribution in [-0.2, 0) is 4.79 Å². The first-order valence-corrected chi connectivity index (χ1v) is 5.29. The minimum absolute atomic E-state index is 0.136. The summed E-state index contributed by atoms with van der Waals surface area (Å²) in [5.74, 6) is -0.610. The highest BCUT2D eigenvalue weighted by Crippen LogP contribution is 2.05. The van der Waals surface area contributed by atoms with E-state index in [-0.39, 0.29) is 18.3 Å². The summed E-state index contributed by atoms with van der Waals surface area (Å²) in [6, 6.07) is 5.82. The monoisotopic (exact) mass is 237 g/mol. The zero-order valence-corrected chi connectivity index (χ0v) is 9.90. The van der Waals surface area contributed by atoms with Gasteiger partial charge < -0.3 is 10.4 Å². The standard InChI is InChI=1S/C13H16FNO2/c1-13(2,9-16)15-12(17)8-5-10-3-6-11(14)7-4-10/h3-8,16H,9H2,1-2H3,(H,15,17)/b8-5+. The Balaban J connectivity index is 2.60. The van der Waals surface area contributed by atoms with E-state index in [4.69, 9.17) is 5.11 Å². The zero-order valence-electron chi connectivity index (χ0n) is 9.90. The van der Waals surface area contributed by atoms with E-state index < -0.39 is 5.54 Å². The van der Waals surface area contributed by atoms with Crippen LogP contribution in [-0.4, -0.2) is 23.2 Å². The lowest BCUT2D eigenvalue weighted by Gasteiger charge is -2.22. The summed E-state index contributed by atoms with van der Waals surface area (Å²) in [5.41, 5.74) is 0.0906. The number of hydrogen-bond acceptors (Lipinski definition) is 2. The highest BCUT2D eigenvalue weighted by Gasteiger charge is 2.17. The molecule has 1 aromatic rings. The average molecular weight is 237 g/mol. The summed E-state index contributed by atoms with van der Waals surface area (Å²) in [7, 11) is 0. The zero-order chi connectivity index (χ0) is 12.9. The Morgan fingerprint density at radius 3 is 2.53 bits per heavy atom. The normalized spacial score (nSPS) is 11.8. The molecule has 0 aliphatic carbocycles. The van der Waals surface area contributed by atoms with Gasteiger partial charge in [-0.15, -0.1) is 0 Å². The van der Waals surface area contributed by atoms with E-state index in [1.54, 1.807) is 32.1 Å². The van der Waals surface area contributed by atoms with Crippen molar-refractivity contribution in [1.82, 2.24) is 5.32 Å². The van der Waals surface area contributed by atoms with Crippen LogP contribution in [0.4, 0.5) is 4.39 Å². The Kier molecular flexibility index (Phi) is 4.40. The summed E-state index contributed by atoms with van der Waals surface area (Å²) in [4.78, 5) is 11.5. The lowest BCUT2D eigenvalue weighted by atomic mass is 10.1. The van der Waals surface area contributed by atoms with Gasteiger partial charge in [-0.1, -0.05) is 12.1 Å². The smallest absolute Gasteiger partial charge is 0.244 e. The average Bonchev–Trinajstić information content (AvgIpc) is 2.28. The number of halogens is 1. The maximum absolute atomic E-state index is 12.6. The highest BCUT2D eigenvalue weighted by molar-refractivity contribution is 5.92. The molecule has 1 aromatic carbocycles. The fourth-order valence-corrected chi connectivity index (χ4v) is 1.16. The molecular weight excluding hydrogens is 221 g/mol. The van der Waals surface area contributed by atoms with Gasteiger partial charge in [0.1, 0.15) is 5.82 Å². The van der Waals surface area contributed by atoms with Crippen molar-refractivity contribution in [2.24, 2.45) is 0 Å². The molecule has 17 heavy (non-hydrogen) atoms. The Bertz CT molecular complexity index is 410. The van der Waals surface area contributed by atoms with Gasteiger partial charge in [-0.3, -0.25) is 4.79 Å². The molecule has 1 rings (SSSR count). The van der Waals surface area contributed by atoms with Crippen molar-refractivity contribution in [1.29, 1.82) is 0 Å². The van der Waals surface area contributed by atoms with Crippen LogP contribution in [0.15, 0.2) is 30.3 Å². The third-order valence-corrected chi connectivity index (χ3v) is 2.15. The molecule has 0 aliphatic rings. The topological polar surface area (TPSA) is 49.3 Å². The van der Waals surface area contributed by atoms with Crippen LogP contribution in [0.1, 0.15) is 19.4 Å². The minimum atomic E-state index is -0.649. The summed E-state index contributed by atoms with van der Waals surface area (Å²) >= 11 is 0. The van der Waals surface area contributed by atoms with Gasteiger partial charge in [0, 0.05) is 6.08 Å². The highest BCUT2D eigenvalue weighted by atomic mass is 19.1. The van der Waals surface area contributed by atoms with Crippen molar-refractivity contribution in [2.45, 2.75) is 19.4 Å². The third-order valence-electron chi connectivity index (χ3n) is 2.15. The van der Waals surface area contributed by atoms with Gasteiger partial charge in [0.15, 0.2) is 0 Å². The van der Waals surface area contributed by atoms with Gasteiger partial charge in [0.05, 0.1) is 12.1 Å². The molecule has 0 bridgehead atoms. The minimum Gasteiger partial charge on any atom is -0.394 e. The second-order valence-corrected chi connectivity index (χ2v) is 4.42. The Labute approximate surface area is 100.0 Å². The maximum Gasteiger partial charge on any atom is 0.244 e. The molecule has 92 valence electrons. The summed E-state index contributed by atoms with van der Waals surface area (Å²) in [6.45, 7) is 3.30. The van der Waals surface area contributed by atoms with Crippen LogP contribution in [0, 0.1) is 5.82 Å². The van der Waals surface area contributed by atoms with E-state index >= 15 is 0 Å². The predicted molar refractivity (Wildman–Crippen MR) is 64.7 cm³/mol. The van der Waals surface area contributed by atoms with E-state index in [9.17, 15) is 9.18 Å². The van der Waals surface area contributed by atoms with Gasteiger partial charge in [0.25, 0.3) is 0 Å². The Morgan fingerprint density at radius 2 is 2.00 bits per heavy atom. The Hall–Kier alpha value is -1.68. The fraction of sp³-hybridized carbons (Fsp3) is 0.308. The molecule has 0 aliphatic heterocycles. The van der Waals surface area contributed by atoms with E-state index in [2.05, 4.69) is 5.32 Å².